The highest BCUT2D eigenvalue weighted by Crippen LogP contribution is 2.43. The smallest absolute Gasteiger partial charge is 0.465 e. The third kappa shape index (κ3) is 4.59. The van der Waals surface area contributed by atoms with Gasteiger partial charge in [0.2, 0.25) is 12.6 Å². The van der Waals surface area contributed by atoms with Crippen molar-refractivity contribution in [3.05, 3.63) is 44.6 Å². The van der Waals surface area contributed by atoms with Crippen LogP contribution in [0.25, 0.3) is 0 Å². The van der Waals surface area contributed by atoms with E-state index in [9.17, 15) is 14.2 Å². The minimum absolute atomic E-state index is 0.105. The maximum absolute atomic E-state index is 12.0. The monoisotopic (exact) mass is 394 g/mol. The molecule has 0 aliphatic carbocycles. The minimum atomic E-state index is -4.86. The number of nitrogens with zero attached hydrogens (tertiary/aromatic N) is 1. The van der Waals surface area contributed by atoms with E-state index in [1.54, 1.807) is 0 Å². The average Bonchev–Trinajstić information content (AvgIpc) is 2.83. The largest absolute Gasteiger partial charge is 0.470 e. The van der Waals surface area contributed by atoms with Crippen LogP contribution in [0.2, 0.25) is 0 Å². The third-order valence-electron chi connectivity index (χ3n) is 3.31. The summed E-state index contributed by atoms with van der Waals surface area (Å²) in [5, 5.41) is 0. The summed E-state index contributed by atoms with van der Waals surface area (Å²) in [5.74, 6) is -0.282. The number of aromatic nitrogens is 2. The summed E-state index contributed by atoms with van der Waals surface area (Å²) in [7, 11) is -3.58. The van der Waals surface area contributed by atoms with Crippen LogP contribution >= 0.6 is 7.82 Å². The fraction of sp³-hybridized carbons (Fsp3) is 0.500. The first-order chi connectivity index (χ1) is 12.0. The summed E-state index contributed by atoms with van der Waals surface area (Å²) in [4.78, 5) is 43.3. The molecule has 2 rings (SSSR count). The number of hydrogen-bond acceptors (Lipinski definition) is 9. The van der Waals surface area contributed by atoms with Gasteiger partial charge in [-0.2, -0.15) is 0 Å². The molecule has 0 fully saturated rings. The molecule has 0 spiro atoms. The van der Waals surface area contributed by atoms with Crippen molar-refractivity contribution in [1.29, 1.82) is 0 Å². The van der Waals surface area contributed by atoms with Gasteiger partial charge in [0.05, 0.1) is 0 Å². The van der Waals surface area contributed by atoms with Crippen LogP contribution in [0.4, 0.5) is 0 Å². The second-order valence-electron chi connectivity index (χ2n) is 5.23. The first-order valence-electron chi connectivity index (χ1n) is 7.20. The molecule has 1 aromatic rings. The molecular weight excluding hydrogens is 375 g/mol. The molecule has 0 saturated carbocycles. The van der Waals surface area contributed by atoms with E-state index >= 15 is 0 Å². The Kier molecular flexibility index (Phi) is 6.03. The molecule has 1 aliphatic heterocycles. The fourth-order valence-corrected chi connectivity index (χ4v) is 2.90. The second-order valence-corrected chi connectivity index (χ2v) is 6.42. The zero-order chi connectivity index (χ0) is 19.6. The van der Waals surface area contributed by atoms with Crippen LogP contribution in [0.5, 0.6) is 0 Å². The molecule has 2 heterocycles. The zero-order valence-corrected chi connectivity index (χ0v) is 14.7. The maximum atomic E-state index is 12.0. The van der Waals surface area contributed by atoms with Gasteiger partial charge in [0, 0.05) is 19.4 Å². The first kappa shape index (κ1) is 20.3. The lowest BCUT2D eigenvalue weighted by Gasteiger charge is -2.22. The highest BCUT2D eigenvalue weighted by Gasteiger charge is 2.44. The van der Waals surface area contributed by atoms with Gasteiger partial charge in [0.25, 0.3) is 5.56 Å². The highest BCUT2D eigenvalue weighted by atomic mass is 31.2. The standard InChI is InChI=1S/C12H19N4O9P/c1-5(25-26(19,20)21)7-8(24-11(13)14)9(22-2)10(23-7)16-4-3-6(17)15-12(16)18/h3-5,9-11H,13-14H2,1-2H3,(H,15,17,18)(H2,19,20,21)/t5-,9?,10-/m1/s1. The van der Waals surface area contributed by atoms with Crippen molar-refractivity contribution in [1.82, 2.24) is 9.55 Å². The molecule has 0 radical (unpaired) electrons. The Hall–Kier alpha value is -1.99. The van der Waals surface area contributed by atoms with E-state index in [1.807, 2.05) is 0 Å². The summed E-state index contributed by atoms with van der Waals surface area (Å²) in [6.07, 6.45) is -3.67. The summed E-state index contributed by atoms with van der Waals surface area (Å²) in [6, 6.07) is 1.08. The van der Waals surface area contributed by atoms with Crippen LogP contribution in [-0.2, 0) is 23.3 Å². The average molecular weight is 394 g/mol. The van der Waals surface area contributed by atoms with E-state index in [1.165, 1.54) is 14.0 Å². The number of aromatic amines is 1. The van der Waals surface area contributed by atoms with Crippen molar-refractivity contribution in [2.75, 3.05) is 7.11 Å². The van der Waals surface area contributed by atoms with Crippen LogP contribution in [0.1, 0.15) is 13.2 Å². The number of hydrogen-bond donors (Lipinski definition) is 5. The van der Waals surface area contributed by atoms with Crippen LogP contribution < -0.4 is 22.7 Å². The third-order valence-corrected chi connectivity index (χ3v) is 3.91. The maximum Gasteiger partial charge on any atom is 0.470 e. The van der Waals surface area contributed by atoms with Gasteiger partial charge in [-0.25, -0.2) is 9.36 Å². The van der Waals surface area contributed by atoms with E-state index in [0.717, 1.165) is 16.8 Å². The van der Waals surface area contributed by atoms with Crippen molar-refractivity contribution in [2.45, 2.75) is 31.7 Å². The Morgan fingerprint density at radius 2 is 2.04 bits per heavy atom. The number of ether oxygens (including phenoxy) is 3. The summed E-state index contributed by atoms with van der Waals surface area (Å²) < 4.78 is 32.8. The van der Waals surface area contributed by atoms with Gasteiger partial charge < -0.3 is 24.0 Å². The van der Waals surface area contributed by atoms with Crippen LogP contribution in [0, 0.1) is 0 Å². The van der Waals surface area contributed by atoms with Crippen LogP contribution in [0.3, 0.4) is 0 Å². The Labute approximate surface area is 146 Å². The van der Waals surface area contributed by atoms with Gasteiger partial charge >= 0.3 is 13.5 Å². The molecular formula is C12H19N4O9P. The summed E-state index contributed by atoms with van der Waals surface area (Å²) in [6.45, 7) is 1.28. The number of nitrogens with one attached hydrogen (secondary N) is 1. The SMILES string of the molecule is COC1C(OC(N)N)=C([C@@H](C)OP(=O)(O)O)O[C@H]1n1ccc(=O)[nH]c1=O. The van der Waals surface area contributed by atoms with Gasteiger partial charge in [0.1, 0.15) is 6.10 Å². The Morgan fingerprint density at radius 1 is 1.38 bits per heavy atom. The van der Waals surface area contributed by atoms with Gasteiger partial charge in [-0.3, -0.25) is 30.3 Å². The van der Waals surface area contributed by atoms with E-state index in [-0.39, 0.29) is 11.5 Å². The molecule has 3 atom stereocenters. The number of rotatable bonds is 7. The van der Waals surface area contributed by atoms with Crippen molar-refractivity contribution in [3.8, 4) is 0 Å². The van der Waals surface area contributed by atoms with Gasteiger partial charge in [0.15, 0.2) is 17.6 Å². The molecule has 7 N–H and O–H groups in total. The molecule has 26 heavy (non-hydrogen) atoms. The topological polar surface area (TPSA) is 201 Å². The van der Waals surface area contributed by atoms with E-state index < -0.39 is 43.9 Å². The summed E-state index contributed by atoms with van der Waals surface area (Å²) >= 11 is 0. The number of methoxy groups -OCH3 is 1. The summed E-state index contributed by atoms with van der Waals surface area (Å²) in [5.41, 5.74) is 9.40. The highest BCUT2D eigenvalue weighted by molar-refractivity contribution is 7.46. The van der Waals surface area contributed by atoms with E-state index in [0.29, 0.717) is 0 Å². The fourth-order valence-electron chi connectivity index (χ4n) is 2.40. The molecule has 13 nitrogen and oxygen atoms in total. The van der Waals surface area contributed by atoms with E-state index in [2.05, 4.69) is 9.51 Å². The molecule has 0 aromatic carbocycles. The Balaban J connectivity index is 2.46. The van der Waals surface area contributed by atoms with Crippen LogP contribution in [0.15, 0.2) is 33.4 Å². The zero-order valence-electron chi connectivity index (χ0n) is 13.8. The van der Waals surface area contributed by atoms with Crippen molar-refractivity contribution in [3.63, 3.8) is 0 Å². The van der Waals surface area contributed by atoms with Crippen molar-refractivity contribution in [2.24, 2.45) is 11.5 Å². The molecule has 1 aliphatic rings. The molecule has 146 valence electrons. The van der Waals surface area contributed by atoms with Gasteiger partial charge in [-0.1, -0.05) is 0 Å². The quantitative estimate of drug-likeness (QED) is 0.253. The number of H-pyrrole nitrogens is 1. The normalized spacial score (nSPS) is 21.8. The molecule has 0 saturated heterocycles. The Morgan fingerprint density at radius 3 is 2.54 bits per heavy atom. The van der Waals surface area contributed by atoms with Crippen molar-refractivity contribution >= 4 is 7.82 Å². The second kappa shape index (κ2) is 7.72. The molecule has 1 unspecified atom stereocenters. The lowest BCUT2D eigenvalue weighted by Crippen LogP contribution is -2.39. The predicted octanol–water partition coefficient (Wildman–Crippen LogP) is -1.99. The molecule has 14 heteroatoms. The van der Waals surface area contributed by atoms with E-state index in [4.69, 9.17) is 35.5 Å². The predicted molar refractivity (Wildman–Crippen MR) is 85.1 cm³/mol. The molecule has 1 aromatic heterocycles. The lowest BCUT2D eigenvalue weighted by molar-refractivity contribution is -0.0493. The van der Waals surface area contributed by atoms with Crippen LogP contribution in [-0.4, -0.2) is 45.0 Å². The number of phosphoric acid groups is 1. The first-order valence-corrected chi connectivity index (χ1v) is 8.73. The van der Waals surface area contributed by atoms with Gasteiger partial charge in [-0.15, -0.1) is 0 Å². The number of phosphoric ester groups is 1. The lowest BCUT2D eigenvalue weighted by atomic mass is 10.2. The Bertz CT molecular complexity index is 842. The van der Waals surface area contributed by atoms with Gasteiger partial charge in [-0.05, 0) is 6.92 Å². The molecule has 0 amide bonds. The molecule has 0 bridgehead atoms. The number of nitrogens with two attached hydrogens (primary N) is 2. The van der Waals surface area contributed by atoms with Crippen molar-refractivity contribution < 1.29 is 33.1 Å². The minimum Gasteiger partial charge on any atom is -0.465 e.